The van der Waals surface area contributed by atoms with Crippen LogP contribution in [0.1, 0.15) is 12.8 Å². The van der Waals surface area contributed by atoms with Crippen molar-refractivity contribution in [2.45, 2.75) is 12.8 Å². The van der Waals surface area contributed by atoms with Crippen LogP contribution in [-0.2, 0) is 0 Å². The molecular formula is C16H16FN5. The van der Waals surface area contributed by atoms with E-state index in [9.17, 15) is 4.39 Å². The Labute approximate surface area is 127 Å². The summed E-state index contributed by atoms with van der Waals surface area (Å²) in [7, 11) is 0. The summed E-state index contributed by atoms with van der Waals surface area (Å²) in [5.74, 6) is -0.277. The molecule has 2 aromatic carbocycles. The molecule has 22 heavy (non-hydrogen) atoms. The van der Waals surface area contributed by atoms with Crippen molar-refractivity contribution in [2.75, 3.05) is 23.7 Å². The Morgan fingerprint density at radius 3 is 2.27 bits per heavy atom. The molecule has 0 bridgehead atoms. The van der Waals surface area contributed by atoms with Crippen LogP contribution in [0.15, 0.2) is 36.4 Å². The zero-order valence-electron chi connectivity index (χ0n) is 12.0. The number of nitrogens with zero attached hydrogens (tertiary/aromatic N) is 4. The van der Waals surface area contributed by atoms with E-state index in [0.717, 1.165) is 41.2 Å². The maximum absolute atomic E-state index is 13.0. The SMILES string of the molecule is Nc1cc2nn(-c3ccc(F)cc3)nc2cc1N1CCCC1. The Balaban J connectivity index is 1.78. The maximum Gasteiger partial charge on any atom is 0.123 e. The average Bonchev–Trinajstić information content (AvgIpc) is 3.15. The van der Waals surface area contributed by atoms with Gasteiger partial charge in [0.25, 0.3) is 0 Å². The standard InChI is InChI=1S/C16H16FN5/c17-11-3-5-12(6-4-11)22-19-14-9-13(18)16(10-15(14)20-22)21-7-1-2-8-21/h3-6,9-10H,1-2,7-8,18H2. The van der Waals surface area contributed by atoms with E-state index in [1.54, 1.807) is 12.1 Å². The molecule has 1 fully saturated rings. The molecule has 112 valence electrons. The molecule has 0 unspecified atom stereocenters. The lowest BCUT2D eigenvalue weighted by Crippen LogP contribution is -2.18. The summed E-state index contributed by atoms with van der Waals surface area (Å²) >= 11 is 0. The zero-order chi connectivity index (χ0) is 15.1. The van der Waals surface area contributed by atoms with Crippen LogP contribution in [0, 0.1) is 5.82 Å². The first kappa shape index (κ1) is 13.1. The topological polar surface area (TPSA) is 60.0 Å². The third-order valence-corrected chi connectivity index (χ3v) is 4.03. The van der Waals surface area contributed by atoms with Crippen molar-refractivity contribution in [3.05, 3.63) is 42.2 Å². The first-order valence-corrected chi connectivity index (χ1v) is 7.38. The Bertz CT molecular complexity index is 818. The van der Waals surface area contributed by atoms with Crippen LogP contribution in [0.25, 0.3) is 16.7 Å². The van der Waals surface area contributed by atoms with Gasteiger partial charge in [0.05, 0.1) is 17.1 Å². The van der Waals surface area contributed by atoms with Crippen molar-refractivity contribution in [3.63, 3.8) is 0 Å². The van der Waals surface area contributed by atoms with Crippen LogP contribution in [0.3, 0.4) is 0 Å². The molecular weight excluding hydrogens is 281 g/mol. The number of fused-ring (bicyclic) bond motifs is 1. The highest BCUT2D eigenvalue weighted by molar-refractivity contribution is 5.86. The van der Waals surface area contributed by atoms with E-state index in [4.69, 9.17) is 5.73 Å². The van der Waals surface area contributed by atoms with E-state index in [1.807, 2.05) is 12.1 Å². The van der Waals surface area contributed by atoms with Crippen LogP contribution >= 0.6 is 0 Å². The van der Waals surface area contributed by atoms with E-state index in [-0.39, 0.29) is 5.82 Å². The summed E-state index contributed by atoms with van der Waals surface area (Å²) in [6.07, 6.45) is 2.39. The minimum Gasteiger partial charge on any atom is -0.397 e. The van der Waals surface area contributed by atoms with E-state index < -0.39 is 0 Å². The molecule has 1 saturated heterocycles. The van der Waals surface area contributed by atoms with Crippen molar-refractivity contribution in [2.24, 2.45) is 0 Å². The molecule has 0 amide bonds. The van der Waals surface area contributed by atoms with Gasteiger partial charge in [-0.05, 0) is 49.2 Å². The summed E-state index contributed by atoms with van der Waals surface area (Å²) in [5, 5.41) is 8.91. The smallest absolute Gasteiger partial charge is 0.123 e. The van der Waals surface area contributed by atoms with Crippen molar-refractivity contribution >= 4 is 22.4 Å². The summed E-state index contributed by atoms with van der Waals surface area (Å²) in [4.78, 5) is 3.79. The average molecular weight is 297 g/mol. The predicted molar refractivity (Wildman–Crippen MR) is 84.7 cm³/mol. The van der Waals surface area contributed by atoms with E-state index in [0.29, 0.717) is 0 Å². The molecule has 2 heterocycles. The van der Waals surface area contributed by atoms with Crippen LogP contribution in [0.5, 0.6) is 0 Å². The second-order valence-corrected chi connectivity index (χ2v) is 5.56. The molecule has 6 heteroatoms. The van der Waals surface area contributed by atoms with Crippen molar-refractivity contribution < 1.29 is 4.39 Å². The third-order valence-electron chi connectivity index (χ3n) is 4.03. The normalized spacial score (nSPS) is 14.9. The summed E-state index contributed by atoms with van der Waals surface area (Å²) in [6.45, 7) is 2.06. The lowest BCUT2D eigenvalue weighted by molar-refractivity contribution is 0.626. The minimum absolute atomic E-state index is 0.277. The Hall–Kier alpha value is -2.63. The highest BCUT2D eigenvalue weighted by Crippen LogP contribution is 2.30. The van der Waals surface area contributed by atoms with E-state index >= 15 is 0 Å². The van der Waals surface area contributed by atoms with Gasteiger partial charge in [-0.1, -0.05) is 0 Å². The van der Waals surface area contributed by atoms with Crippen molar-refractivity contribution in [1.82, 2.24) is 15.0 Å². The number of hydrogen-bond acceptors (Lipinski definition) is 4. The monoisotopic (exact) mass is 297 g/mol. The fraction of sp³-hybridized carbons (Fsp3) is 0.250. The number of aromatic nitrogens is 3. The molecule has 0 spiro atoms. The largest absolute Gasteiger partial charge is 0.397 e. The first-order chi connectivity index (χ1) is 10.7. The lowest BCUT2D eigenvalue weighted by Gasteiger charge is -2.19. The molecule has 0 saturated carbocycles. The van der Waals surface area contributed by atoms with Crippen LogP contribution < -0.4 is 10.6 Å². The van der Waals surface area contributed by atoms with Gasteiger partial charge in [0.2, 0.25) is 0 Å². The Kier molecular flexibility index (Phi) is 2.96. The fourth-order valence-corrected chi connectivity index (χ4v) is 2.89. The Morgan fingerprint density at radius 1 is 0.955 bits per heavy atom. The first-order valence-electron chi connectivity index (χ1n) is 7.38. The summed E-state index contributed by atoms with van der Waals surface area (Å²) in [5.41, 5.74) is 10.2. The molecule has 5 nitrogen and oxygen atoms in total. The Morgan fingerprint density at radius 2 is 1.59 bits per heavy atom. The van der Waals surface area contributed by atoms with Gasteiger partial charge in [-0.15, -0.1) is 10.2 Å². The van der Waals surface area contributed by atoms with Gasteiger partial charge >= 0.3 is 0 Å². The van der Waals surface area contributed by atoms with Crippen molar-refractivity contribution in [1.29, 1.82) is 0 Å². The quantitative estimate of drug-likeness (QED) is 0.739. The van der Waals surface area contributed by atoms with Gasteiger partial charge in [0.15, 0.2) is 0 Å². The number of rotatable bonds is 2. The second kappa shape index (κ2) is 4.98. The highest BCUT2D eigenvalue weighted by atomic mass is 19.1. The van der Waals surface area contributed by atoms with Gasteiger partial charge in [-0.3, -0.25) is 0 Å². The van der Waals surface area contributed by atoms with Gasteiger partial charge in [-0.2, -0.15) is 4.80 Å². The molecule has 0 radical (unpaired) electrons. The number of nitrogen functional groups attached to an aromatic ring is 1. The lowest BCUT2D eigenvalue weighted by atomic mass is 10.2. The molecule has 4 rings (SSSR count). The molecule has 1 aliphatic rings. The minimum atomic E-state index is -0.277. The van der Waals surface area contributed by atoms with Crippen LogP contribution in [0.2, 0.25) is 0 Å². The molecule has 3 aromatic rings. The third kappa shape index (κ3) is 2.16. The van der Waals surface area contributed by atoms with Crippen molar-refractivity contribution in [3.8, 4) is 5.69 Å². The number of halogens is 1. The highest BCUT2D eigenvalue weighted by Gasteiger charge is 2.17. The predicted octanol–water partition coefficient (Wildman–Crippen LogP) is 2.74. The number of benzene rings is 2. The summed E-state index contributed by atoms with van der Waals surface area (Å²) in [6, 6.07) is 9.94. The van der Waals surface area contributed by atoms with Crippen LogP contribution in [0.4, 0.5) is 15.8 Å². The van der Waals surface area contributed by atoms with Crippen LogP contribution in [-0.4, -0.2) is 28.1 Å². The van der Waals surface area contributed by atoms with E-state index in [1.165, 1.54) is 29.8 Å². The zero-order valence-corrected chi connectivity index (χ0v) is 12.0. The van der Waals surface area contributed by atoms with Gasteiger partial charge < -0.3 is 10.6 Å². The van der Waals surface area contributed by atoms with Gasteiger partial charge in [-0.25, -0.2) is 4.39 Å². The molecule has 0 atom stereocenters. The number of hydrogen-bond donors (Lipinski definition) is 1. The molecule has 1 aliphatic heterocycles. The molecule has 0 aliphatic carbocycles. The number of nitrogens with two attached hydrogens (primary N) is 1. The second-order valence-electron chi connectivity index (χ2n) is 5.56. The van der Waals surface area contributed by atoms with Gasteiger partial charge in [0.1, 0.15) is 16.9 Å². The number of anilines is 2. The molecule has 1 aromatic heterocycles. The van der Waals surface area contributed by atoms with E-state index in [2.05, 4.69) is 15.1 Å². The maximum atomic E-state index is 13.0. The van der Waals surface area contributed by atoms with Gasteiger partial charge in [0, 0.05) is 13.1 Å². The summed E-state index contributed by atoms with van der Waals surface area (Å²) < 4.78 is 13.0. The molecule has 2 N–H and O–H groups in total. The fourth-order valence-electron chi connectivity index (χ4n) is 2.89.